The summed E-state index contributed by atoms with van der Waals surface area (Å²) < 4.78 is 0. The number of hydrogen-bond donors (Lipinski definition) is 4. The van der Waals surface area contributed by atoms with Crippen molar-refractivity contribution in [1.82, 2.24) is 0 Å². The van der Waals surface area contributed by atoms with Crippen molar-refractivity contribution in [2.24, 2.45) is 10.8 Å². The Labute approximate surface area is 131 Å². The van der Waals surface area contributed by atoms with Gasteiger partial charge in [0.1, 0.15) is 0 Å². The summed E-state index contributed by atoms with van der Waals surface area (Å²) in [7, 11) is 0. The second kappa shape index (κ2) is 13.5. The third-order valence-corrected chi connectivity index (χ3v) is 4.18. The third-order valence-electron chi connectivity index (χ3n) is 4.18. The molecule has 0 aromatic heterocycles. The van der Waals surface area contributed by atoms with Crippen LogP contribution in [-0.4, -0.2) is 46.9 Å². The predicted octanol–water partition coefficient (Wildman–Crippen LogP) is 2.73. The van der Waals surface area contributed by atoms with E-state index in [1.54, 1.807) is 0 Å². The first-order valence-electron chi connectivity index (χ1n) is 8.30. The maximum absolute atomic E-state index is 8.85. The molecule has 0 heterocycles. The minimum Gasteiger partial charge on any atom is -0.396 e. The lowest BCUT2D eigenvalue weighted by Gasteiger charge is -2.27. The van der Waals surface area contributed by atoms with Gasteiger partial charge in [-0.2, -0.15) is 0 Å². The zero-order valence-electron chi connectivity index (χ0n) is 14.6. The normalized spacial score (nSPS) is 12.0. The third kappa shape index (κ3) is 12.1. The molecule has 0 fully saturated rings. The highest BCUT2D eigenvalue weighted by Gasteiger charge is 2.21. The largest absolute Gasteiger partial charge is 0.396 e. The van der Waals surface area contributed by atoms with E-state index in [2.05, 4.69) is 20.8 Å². The Morgan fingerprint density at radius 3 is 1.38 bits per heavy atom. The number of hydrogen-bond acceptors (Lipinski definition) is 4. The van der Waals surface area contributed by atoms with Crippen LogP contribution < -0.4 is 0 Å². The molecule has 0 aliphatic rings. The highest BCUT2D eigenvalue weighted by molar-refractivity contribution is 4.73. The maximum atomic E-state index is 8.85. The number of rotatable bonds is 11. The fourth-order valence-corrected chi connectivity index (χ4v) is 2.33. The first-order chi connectivity index (χ1) is 9.86. The molecule has 0 spiro atoms. The molecule has 0 unspecified atom stereocenters. The van der Waals surface area contributed by atoms with Crippen molar-refractivity contribution in [1.29, 1.82) is 0 Å². The highest BCUT2D eigenvalue weighted by atomic mass is 16.3. The molecular formula is C17H38O4. The Hall–Kier alpha value is -0.160. The summed E-state index contributed by atoms with van der Waals surface area (Å²) in [5.41, 5.74) is -0.103. The van der Waals surface area contributed by atoms with E-state index < -0.39 is 0 Å². The standard InChI is InChI=1S/C9H20O2.C8H18O2/c1-3-4-9(2,5-7-10)6-8-11;1-3-4-5-8(2,6-9)7-10/h10-11H,3-8H2,1-2H3;9-10H,3-7H2,1-2H3. The Morgan fingerprint density at radius 2 is 1.10 bits per heavy atom. The summed E-state index contributed by atoms with van der Waals surface area (Å²) in [5.74, 6) is 0. The zero-order chi connectivity index (χ0) is 16.8. The van der Waals surface area contributed by atoms with Crippen molar-refractivity contribution < 1.29 is 20.4 Å². The smallest absolute Gasteiger partial charge is 0.0506 e. The molecule has 0 aromatic rings. The molecule has 4 heteroatoms. The van der Waals surface area contributed by atoms with Crippen molar-refractivity contribution in [2.45, 2.75) is 72.6 Å². The Kier molecular flexibility index (Phi) is 14.9. The van der Waals surface area contributed by atoms with Gasteiger partial charge in [-0.1, -0.05) is 47.0 Å². The second-order valence-corrected chi connectivity index (χ2v) is 6.74. The molecule has 4 N–H and O–H groups in total. The van der Waals surface area contributed by atoms with Crippen LogP contribution in [0.3, 0.4) is 0 Å². The van der Waals surface area contributed by atoms with Crippen molar-refractivity contribution in [3.8, 4) is 0 Å². The van der Waals surface area contributed by atoms with Gasteiger partial charge in [-0.05, 0) is 31.1 Å². The fraction of sp³-hybridized carbons (Fsp3) is 1.00. The molecule has 4 nitrogen and oxygen atoms in total. The van der Waals surface area contributed by atoms with Crippen molar-refractivity contribution >= 4 is 0 Å². The second-order valence-electron chi connectivity index (χ2n) is 6.74. The Morgan fingerprint density at radius 1 is 0.619 bits per heavy atom. The van der Waals surface area contributed by atoms with Crippen LogP contribution in [-0.2, 0) is 0 Å². The van der Waals surface area contributed by atoms with E-state index in [0.717, 1.165) is 44.9 Å². The van der Waals surface area contributed by atoms with Gasteiger partial charge < -0.3 is 20.4 Å². The van der Waals surface area contributed by atoms with Crippen LogP contribution in [0.2, 0.25) is 0 Å². The summed E-state index contributed by atoms with van der Waals surface area (Å²) in [6, 6.07) is 0. The Bertz CT molecular complexity index is 198. The fourth-order valence-electron chi connectivity index (χ4n) is 2.33. The topological polar surface area (TPSA) is 80.9 Å². The maximum Gasteiger partial charge on any atom is 0.0506 e. The van der Waals surface area contributed by atoms with Crippen LogP contribution >= 0.6 is 0 Å². The summed E-state index contributed by atoms with van der Waals surface area (Å²) in [5, 5.41) is 35.3. The molecule has 0 atom stereocenters. The molecule has 0 rings (SSSR count). The van der Waals surface area contributed by atoms with Gasteiger partial charge in [-0.25, -0.2) is 0 Å². The van der Waals surface area contributed by atoms with Crippen LogP contribution in [0.25, 0.3) is 0 Å². The van der Waals surface area contributed by atoms with Crippen LogP contribution in [0.1, 0.15) is 72.6 Å². The molecule has 0 bridgehead atoms. The van der Waals surface area contributed by atoms with Gasteiger partial charge in [0.2, 0.25) is 0 Å². The first kappa shape index (κ1) is 23.1. The molecule has 0 saturated heterocycles. The predicted molar refractivity (Wildman–Crippen MR) is 88.2 cm³/mol. The molecule has 0 radical (unpaired) electrons. The van der Waals surface area contributed by atoms with E-state index >= 15 is 0 Å². The molecule has 0 aliphatic heterocycles. The summed E-state index contributed by atoms with van der Waals surface area (Å²) in [6.45, 7) is 8.91. The van der Waals surface area contributed by atoms with Gasteiger partial charge in [0.25, 0.3) is 0 Å². The van der Waals surface area contributed by atoms with E-state index in [9.17, 15) is 0 Å². The molecule has 0 aromatic carbocycles. The van der Waals surface area contributed by atoms with Crippen molar-refractivity contribution in [2.75, 3.05) is 26.4 Å². The number of unbranched alkanes of at least 4 members (excludes halogenated alkanes) is 1. The lowest BCUT2D eigenvalue weighted by Crippen LogP contribution is -2.25. The van der Waals surface area contributed by atoms with Gasteiger partial charge in [0.15, 0.2) is 0 Å². The van der Waals surface area contributed by atoms with Crippen LogP contribution in [0.15, 0.2) is 0 Å². The lowest BCUT2D eigenvalue weighted by atomic mass is 9.80. The molecule has 0 saturated carbocycles. The van der Waals surface area contributed by atoms with E-state index in [0.29, 0.717) is 0 Å². The Balaban J connectivity index is 0. The van der Waals surface area contributed by atoms with Crippen LogP contribution in [0.5, 0.6) is 0 Å². The molecular weight excluding hydrogens is 268 g/mol. The van der Waals surface area contributed by atoms with E-state index in [1.165, 1.54) is 0 Å². The average Bonchev–Trinajstić information content (AvgIpc) is 2.46. The first-order valence-corrected chi connectivity index (χ1v) is 8.30. The lowest BCUT2D eigenvalue weighted by molar-refractivity contribution is 0.0610. The van der Waals surface area contributed by atoms with Gasteiger partial charge in [0, 0.05) is 18.6 Å². The van der Waals surface area contributed by atoms with Gasteiger partial charge in [-0.15, -0.1) is 0 Å². The molecule has 0 aliphatic carbocycles. The minimum absolute atomic E-state index is 0.0868. The minimum atomic E-state index is -0.254. The molecule has 130 valence electrons. The van der Waals surface area contributed by atoms with Crippen LogP contribution in [0.4, 0.5) is 0 Å². The van der Waals surface area contributed by atoms with Crippen molar-refractivity contribution in [3.63, 3.8) is 0 Å². The van der Waals surface area contributed by atoms with Crippen molar-refractivity contribution in [3.05, 3.63) is 0 Å². The molecule has 0 amide bonds. The van der Waals surface area contributed by atoms with E-state index in [1.807, 2.05) is 6.92 Å². The van der Waals surface area contributed by atoms with Gasteiger partial charge in [0.05, 0.1) is 13.2 Å². The van der Waals surface area contributed by atoms with Gasteiger partial charge >= 0.3 is 0 Å². The van der Waals surface area contributed by atoms with E-state index in [4.69, 9.17) is 20.4 Å². The van der Waals surface area contributed by atoms with E-state index in [-0.39, 0.29) is 37.3 Å². The monoisotopic (exact) mass is 306 g/mol. The summed E-state index contributed by atoms with van der Waals surface area (Å²) in [6.07, 6.45) is 6.94. The summed E-state index contributed by atoms with van der Waals surface area (Å²) >= 11 is 0. The van der Waals surface area contributed by atoms with Crippen LogP contribution in [0, 0.1) is 10.8 Å². The van der Waals surface area contributed by atoms with Gasteiger partial charge in [-0.3, -0.25) is 0 Å². The SMILES string of the molecule is CCCC(C)(CCO)CCO.CCCCC(C)(CO)CO. The number of aliphatic hydroxyl groups excluding tert-OH is 4. The average molecular weight is 306 g/mol. The molecule has 21 heavy (non-hydrogen) atoms. The summed E-state index contributed by atoms with van der Waals surface area (Å²) in [4.78, 5) is 0. The highest BCUT2D eigenvalue weighted by Crippen LogP contribution is 2.30. The quantitative estimate of drug-likeness (QED) is 0.473. The zero-order valence-corrected chi connectivity index (χ0v) is 14.6. The number of aliphatic hydroxyl groups is 4.